The number of hydrogen-bond acceptors (Lipinski definition) is 7. The third-order valence-corrected chi connectivity index (χ3v) is 10.8. The quantitative estimate of drug-likeness (QED) is 0.261. The summed E-state index contributed by atoms with van der Waals surface area (Å²) >= 11 is 1.59. The van der Waals surface area contributed by atoms with Crippen LogP contribution in [0.4, 0.5) is 0 Å². The number of ether oxygens (including phenoxy) is 2. The van der Waals surface area contributed by atoms with Crippen LogP contribution in [0.5, 0.6) is 11.5 Å². The van der Waals surface area contributed by atoms with Gasteiger partial charge in [0.1, 0.15) is 11.5 Å². The van der Waals surface area contributed by atoms with Crippen molar-refractivity contribution < 1.29 is 24.5 Å². The standard InChI is InChI=1S/C35H42N2O5S/c1-24-7-10-27(21-30(24)34(39)40)35(42-18-17-36-13-3-4-14-36)31(29-12-11-28(38)22-33(29)43-35)19-25-8-9-26(32(20-25)41-2)23-37-15-5-6-16-37/h7-12,20-22,31,38H,3-6,13-19,23H2,1-2H3,(H,39,40). The SMILES string of the molecule is COc1cc(CC2c3ccc(O)cc3SC2(OCCN2CCCC2)c2ccc(C)c(C(=O)O)c2)ccc1CN1CCCC1. The molecule has 0 bridgehead atoms. The minimum absolute atomic E-state index is 0.120. The van der Waals surface area contributed by atoms with Crippen molar-refractivity contribution in [3.63, 3.8) is 0 Å². The molecule has 0 aliphatic carbocycles. The fraction of sp³-hybridized carbons (Fsp3) is 0.457. The van der Waals surface area contributed by atoms with E-state index in [-0.39, 0.29) is 17.2 Å². The number of aromatic hydroxyl groups is 1. The van der Waals surface area contributed by atoms with E-state index in [0.29, 0.717) is 13.0 Å². The van der Waals surface area contributed by atoms with Crippen LogP contribution >= 0.6 is 11.8 Å². The van der Waals surface area contributed by atoms with E-state index in [1.54, 1.807) is 31.0 Å². The number of fused-ring (bicyclic) bond motifs is 1. The van der Waals surface area contributed by atoms with Gasteiger partial charge in [0.25, 0.3) is 0 Å². The minimum Gasteiger partial charge on any atom is -0.508 e. The minimum atomic E-state index is -0.945. The summed E-state index contributed by atoms with van der Waals surface area (Å²) < 4.78 is 12.9. The molecule has 2 unspecified atom stereocenters. The first-order valence-corrected chi connectivity index (χ1v) is 16.3. The lowest BCUT2D eigenvalue weighted by atomic mass is 9.83. The van der Waals surface area contributed by atoms with Gasteiger partial charge in [-0.2, -0.15) is 0 Å². The van der Waals surface area contributed by atoms with Gasteiger partial charge in [-0.05, 0) is 112 Å². The zero-order chi connectivity index (χ0) is 30.0. The highest BCUT2D eigenvalue weighted by Gasteiger charge is 2.50. The van der Waals surface area contributed by atoms with Gasteiger partial charge in [-0.15, -0.1) is 0 Å². The highest BCUT2D eigenvalue weighted by molar-refractivity contribution is 8.00. The largest absolute Gasteiger partial charge is 0.508 e. The van der Waals surface area contributed by atoms with Gasteiger partial charge >= 0.3 is 5.97 Å². The third-order valence-electron chi connectivity index (χ3n) is 9.27. The van der Waals surface area contributed by atoms with E-state index < -0.39 is 10.9 Å². The first kappa shape index (κ1) is 30.0. The maximum Gasteiger partial charge on any atom is 0.335 e. The smallest absolute Gasteiger partial charge is 0.335 e. The molecule has 8 heteroatoms. The van der Waals surface area contributed by atoms with E-state index in [1.807, 2.05) is 31.2 Å². The molecule has 3 heterocycles. The number of carboxylic acid groups (broad SMARTS) is 1. The molecule has 3 aliphatic rings. The van der Waals surface area contributed by atoms with Crippen molar-refractivity contribution in [3.8, 4) is 11.5 Å². The van der Waals surface area contributed by atoms with Crippen LogP contribution in [0.15, 0.2) is 59.5 Å². The Morgan fingerprint density at radius 1 is 0.977 bits per heavy atom. The van der Waals surface area contributed by atoms with Crippen LogP contribution in [-0.4, -0.2) is 72.4 Å². The Balaban J connectivity index is 1.39. The molecule has 0 aromatic heterocycles. The summed E-state index contributed by atoms with van der Waals surface area (Å²) in [5, 5.41) is 20.5. The van der Waals surface area contributed by atoms with Crippen LogP contribution in [0.1, 0.15) is 69.8 Å². The fourth-order valence-corrected chi connectivity index (χ4v) is 8.50. The van der Waals surface area contributed by atoms with Crippen molar-refractivity contribution in [2.45, 2.75) is 61.3 Å². The first-order chi connectivity index (χ1) is 20.9. The monoisotopic (exact) mass is 602 g/mol. The molecule has 2 atom stereocenters. The van der Waals surface area contributed by atoms with Crippen molar-refractivity contribution in [1.29, 1.82) is 0 Å². The molecule has 43 heavy (non-hydrogen) atoms. The van der Waals surface area contributed by atoms with Gasteiger partial charge < -0.3 is 24.6 Å². The number of aryl methyl sites for hydroxylation is 1. The van der Waals surface area contributed by atoms with E-state index in [0.717, 1.165) is 72.2 Å². The van der Waals surface area contributed by atoms with Crippen LogP contribution < -0.4 is 4.74 Å². The Morgan fingerprint density at radius 2 is 1.72 bits per heavy atom. The molecule has 2 fully saturated rings. The zero-order valence-corrected chi connectivity index (χ0v) is 26.0. The molecular formula is C35H42N2O5S. The summed E-state index contributed by atoms with van der Waals surface area (Å²) in [6.45, 7) is 8.48. The van der Waals surface area contributed by atoms with Gasteiger partial charge in [0, 0.05) is 29.5 Å². The van der Waals surface area contributed by atoms with E-state index in [2.05, 4.69) is 28.0 Å². The number of rotatable bonds is 11. The lowest BCUT2D eigenvalue weighted by molar-refractivity contribution is -0.00343. The number of likely N-dealkylation sites (tertiary alicyclic amines) is 2. The lowest BCUT2D eigenvalue weighted by Crippen LogP contribution is -2.35. The maximum absolute atomic E-state index is 12.2. The van der Waals surface area contributed by atoms with Crippen molar-refractivity contribution in [3.05, 3.63) is 88.0 Å². The molecule has 0 saturated carbocycles. The van der Waals surface area contributed by atoms with Crippen molar-refractivity contribution in [1.82, 2.24) is 9.80 Å². The predicted molar refractivity (Wildman–Crippen MR) is 169 cm³/mol. The second-order valence-electron chi connectivity index (χ2n) is 12.1. The fourth-order valence-electron chi connectivity index (χ4n) is 6.92. The van der Waals surface area contributed by atoms with Crippen molar-refractivity contribution in [2.75, 3.05) is 46.4 Å². The molecule has 6 rings (SSSR count). The average Bonchev–Trinajstić information content (AvgIpc) is 3.76. The number of thioether (sulfide) groups is 1. The van der Waals surface area contributed by atoms with Gasteiger partial charge in [0.05, 0.1) is 19.3 Å². The molecule has 0 spiro atoms. The van der Waals surface area contributed by atoms with Gasteiger partial charge in [0.15, 0.2) is 4.93 Å². The summed E-state index contributed by atoms with van der Waals surface area (Å²) in [6, 6.07) is 17.8. The summed E-state index contributed by atoms with van der Waals surface area (Å²) in [6.07, 6.45) is 5.59. The highest BCUT2D eigenvalue weighted by atomic mass is 32.2. The molecule has 7 nitrogen and oxygen atoms in total. The Hall–Kier alpha value is -3.04. The second kappa shape index (κ2) is 12.9. The number of nitrogens with zero attached hydrogens (tertiary/aromatic N) is 2. The zero-order valence-electron chi connectivity index (χ0n) is 25.2. The Bertz CT molecular complexity index is 1470. The van der Waals surface area contributed by atoms with Crippen molar-refractivity contribution in [2.24, 2.45) is 0 Å². The summed E-state index contributed by atoms with van der Waals surface area (Å²) in [7, 11) is 1.74. The van der Waals surface area contributed by atoms with E-state index >= 15 is 0 Å². The normalized spacial score (nSPS) is 22.2. The van der Waals surface area contributed by atoms with Crippen LogP contribution in [0, 0.1) is 6.92 Å². The van der Waals surface area contributed by atoms with Crippen molar-refractivity contribution >= 4 is 17.7 Å². The average molecular weight is 603 g/mol. The summed E-state index contributed by atoms with van der Waals surface area (Å²) in [4.78, 5) is 17.2. The predicted octanol–water partition coefficient (Wildman–Crippen LogP) is 6.40. The molecule has 2 saturated heterocycles. The van der Waals surface area contributed by atoms with Gasteiger partial charge in [-0.1, -0.05) is 42.1 Å². The molecule has 0 radical (unpaired) electrons. The molecule has 2 N–H and O–H groups in total. The van der Waals surface area contributed by atoms with Crippen LogP contribution in [0.3, 0.4) is 0 Å². The highest BCUT2D eigenvalue weighted by Crippen LogP contribution is 2.61. The number of carbonyl (C=O) groups is 1. The molecule has 3 aromatic carbocycles. The number of methoxy groups -OCH3 is 1. The molecule has 3 aliphatic heterocycles. The van der Waals surface area contributed by atoms with Crippen LogP contribution in [-0.2, 0) is 22.6 Å². The topological polar surface area (TPSA) is 82.5 Å². The number of benzene rings is 3. The van der Waals surface area contributed by atoms with E-state index in [1.165, 1.54) is 31.2 Å². The number of phenols is 1. The number of hydrogen-bond donors (Lipinski definition) is 2. The maximum atomic E-state index is 12.2. The van der Waals surface area contributed by atoms with Crippen LogP contribution in [0.25, 0.3) is 0 Å². The van der Waals surface area contributed by atoms with Gasteiger partial charge in [0.2, 0.25) is 0 Å². The van der Waals surface area contributed by atoms with E-state index in [4.69, 9.17) is 9.47 Å². The molecule has 228 valence electrons. The number of aromatic carboxylic acids is 1. The lowest BCUT2D eigenvalue weighted by Gasteiger charge is -2.37. The van der Waals surface area contributed by atoms with Gasteiger partial charge in [-0.25, -0.2) is 4.79 Å². The first-order valence-electron chi connectivity index (χ1n) is 15.5. The molecule has 0 amide bonds. The van der Waals surface area contributed by atoms with Gasteiger partial charge in [-0.3, -0.25) is 4.90 Å². The molecule has 3 aromatic rings. The third kappa shape index (κ3) is 6.29. The Kier molecular flexibility index (Phi) is 9.00. The summed E-state index contributed by atoms with van der Waals surface area (Å²) in [5.41, 5.74) is 5.26. The Labute approximate surface area is 258 Å². The molecular weight excluding hydrogens is 560 g/mol. The number of carboxylic acids is 1. The number of phenolic OH excluding ortho intramolecular Hbond substituents is 1. The Morgan fingerprint density at radius 3 is 2.44 bits per heavy atom. The second-order valence-corrected chi connectivity index (χ2v) is 13.4. The van der Waals surface area contributed by atoms with E-state index in [9.17, 15) is 15.0 Å². The summed E-state index contributed by atoms with van der Waals surface area (Å²) in [5.74, 6) is 0.0377. The van der Waals surface area contributed by atoms with Crippen LogP contribution in [0.2, 0.25) is 0 Å².